The summed E-state index contributed by atoms with van der Waals surface area (Å²) in [6.07, 6.45) is 1.91. The van der Waals surface area contributed by atoms with Gasteiger partial charge in [-0.3, -0.25) is 4.79 Å². The van der Waals surface area contributed by atoms with Gasteiger partial charge in [0.2, 0.25) is 0 Å². The third kappa shape index (κ3) is 3.08. The van der Waals surface area contributed by atoms with Crippen molar-refractivity contribution in [3.8, 4) is 5.75 Å². The molecule has 0 saturated carbocycles. The second-order valence-electron chi connectivity index (χ2n) is 5.09. The Morgan fingerprint density at radius 1 is 1.24 bits per heavy atom. The van der Waals surface area contributed by atoms with Crippen LogP contribution >= 0.6 is 11.6 Å². The predicted molar refractivity (Wildman–Crippen MR) is 79.7 cm³/mol. The fourth-order valence-corrected chi connectivity index (χ4v) is 2.78. The van der Waals surface area contributed by atoms with Crippen molar-refractivity contribution in [3.63, 3.8) is 0 Å². The Bertz CT molecular complexity index is 697. The molecule has 108 valence electrons. The summed E-state index contributed by atoms with van der Waals surface area (Å²) in [5.74, 6) is 0.429. The van der Waals surface area contributed by atoms with Gasteiger partial charge in [0.25, 0.3) is 0 Å². The Labute approximate surface area is 127 Å². The van der Waals surface area contributed by atoms with Crippen molar-refractivity contribution in [1.29, 1.82) is 0 Å². The molecule has 0 unspecified atom stereocenters. The van der Waals surface area contributed by atoms with Crippen LogP contribution in [0, 0.1) is 5.82 Å². The molecule has 0 atom stereocenters. The Morgan fingerprint density at radius 3 is 2.90 bits per heavy atom. The highest BCUT2D eigenvalue weighted by molar-refractivity contribution is 6.33. The Hall–Kier alpha value is -1.87. The van der Waals surface area contributed by atoms with Crippen molar-refractivity contribution >= 4 is 17.4 Å². The Kier molecular flexibility index (Phi) is 3.93. The number of hydrogen-bond donors (Lipinski definition) is 0. The van der Waals surface area contributed by atoms with E-state index in [2.05, 4.69) is 6.07 Å². The summed E-state index contributed by atoms with van der Waals surface area (Å²) in [7, 11) is 0. The predicted octanol–water partition coefficient (Wildman–Crippen LogP) is 4.23. The molecule has 1 aliphatic rings. The molecule has 1 aliphatic heterocycles. The van der Waals surface area contributed by atoms with Gasteiger partial charge in [0.05, 0.1) is 11.6 Å². The maximum Gasteiger partial charge on any atom is 0.164 e. The molecule has 0 spiro atoms. The van der Waals surface area contributed by atoms with Crippen LogP contribution in [0.4, 0.5) is 4.39 Å². The lowest BCUT2D eigenvalue weighted by molar-refractivity contribution is 0.0983. The topological polar surface area (TPSA) is 26.3 Å². The van der Waals surface area contributed by atoms with E-state index in [1.54, 1.807) is 0 Å². The lowest BCUT2D eigenvalue weighted by Crippen LogP contribution is -2.02. The van der Waals surface area contributed by atoms with E-state index in [0.717, 1.165) is 24.3 Å². The lowest BCUT2D eigenvalue weighted by atomic mass is 10.0. The summed E-state index contributed by atoms with van der Waals surface area (Å²) >= 11 is 5.91. The molecule has 2 nitrogen and oxygen atoms in total. The Balaban J connectivity index is 1.68. The highest BCUT2D eigenvalue weighted by Gasteiger charge is 2.14. The number of fused-ring (bicyclic) bond motifs is 1. The second-order valence-corrected chi connectivity index (χ2v) is 5.50. The molecule has 0 bridgehead atoms. The van der Waals surface area contributed by atoms with Crippen molar-refractivity contribution in [2.24, 2.45) is 0 Å². The minimum Gasteiger partial charge on any atom is -0.493 e. The first-order valence-electron chi connectivity index (χ1n) is 6.86. The zero-order valence-electron chi connectivity index (χ0n) is 11.4. The van der Waals surface area contributed by atoms with E-state index in [1.807, 2.05) is 12.1 Å². The first kappa shape index (κ1) is 14.1. The second kappa shape index (κ2) is 5.86. The number of hydrogen-bond acceptors (Lipinski definition) is 2. The van der Waals surface area contributed by atoms with Crippen molar-refractivity contribution in [2.75, 3.05) is 6.61 Å². The molecule has 0 aliphatic carbocycles. The first-order chi connectivity index (χ1) is 10.1. The smallest absolute Gasteiger partial charge is 0.164 e. The van der Waals surface area contributed by atoms with Crippen molar-refractivity contribution in [3.05, 3.63) is 63.9 Å². The highest BCUT2D eigenvalue weighted by atomic mass is 35.5. The van der Waals surface area contributed by atoms with Gasteiger partial charge in [0, 0.05) is 18.4 Å². The summed E-state index contributed by atoms with van der Waals surface area (Å²) in [5.41, 5.74) is 2.67. The summed E-state index contributed by atoms with van der Waals surface area (Å²) in [4.78, 5) is 12.2. The summed E-state index contributed by atoms with van der Waals surface area (Å²) in [6, 6.07) is 9.88. The van der Waals surface area contributed by atoms with Crippen LogP contribution in [0.1, 0.15) is 27.9 Å². The lowest BCUT2D eigenvalue weighted by Gasteiger charge is -2.06. The van der Waals surface area contributed by atoms with E-state index in [1.165, 1.54) is 23.8 Å². The van der Waals surface area contributed by atoms with Crippen LogP contribution in [0.3, 0.4) is 0 Å². The number of carbonyl (C=O) groups excluding carboxylic acids is 1. The third-order valence-corrected chi connectivity index (χ3v) is 3.94. The molecule has 0 amide bonds. The summed E-state index contributed by atoms with van der Waals surface area (Å²) in [5, 5.41) is 0.169. The minimum absolute atomic E-state index is 0.0725. The number of carbonyl (C=O) groups is 1. The van der Waals surface area contributed by atoms with Gasteiger partial charge in [-0.05, 0) is 41.8 Å². The maximum absolute atomic E-state index is 13.0. The molecule has 2 aromatic rings. The first-order valence-corrected chi connectivity index (χ1v) is 7.24. The van der Waals surface area contributed by atoms with Crippen LogP contribution in [-0.4, -0.2) is 12.4 Å². The number of aryl methyl sites for hydroxylation is 1. The third-order valence-electron chi connectivity index (χ3n) is 3.63. The molecule has 0 fully saturated rings. The van der Waals surface area contributed by atoms with E-state index >= 15 is 0 Å². The standard InChI is InChI=1S/C17H14ClFO2/c18-15-10-13(19)3-4-14(15)16(20)5-1-11-2-6-17-12(9-11)7-8-21-17/h2-4,6,9-10H,1,5,7-8H2. The van der Waals surface area contributed by atoms with Gasteiger partial charge in [0.1, 0.15) is 11.6 Å². The van der Waals surface area contributed by atoms with Gasteiger partial charge < -0.3 is 4.74 Å². The zero-order valence-corrected chi connectivity index (χ0v) is 12.1. The van der Waals surface area contributed by atoms with Gasteiger partial charge in [-0.1, -0.05) is 23.7 Å². The SMILES string of the molecule is O=C(CCc1ccc2c(c1)CCO2)c1ccc(F)cc1Cl. The molecular formula is C17H14ClFO2. The quantitative estimate of drug-likeness (QED) is 0.790. The molecule has 2 aromatic carbocycles. The number of ketones is 1. The number of benzene rings is 2. The van der Waals surface area contributed by atoms with E-state index in [0.29, 0.717) is 18.4 Å². The molecule has 4 heteroatoms. The largest absolute Gasteiger partial charge is 0.493 e. The van der Waals surface area contributed by atoms with Crippen LogP contribution < -0.4 is 4.74 Å². The highest BCUT2D eigenvalue weighted by Crippen LogP contribution is 2.26. The van der Waals surface area contributed by atoms with E-state index in [4.69, 9.17) is 16.3 Å². The van der Waals surface area contributed by atoms with Gasteiger partial charge in [-0.25, -0.2) is 4.39 Å². The fourth-order valence-electron chi connectivity index (χ4n) is 2.50. The maximum atomic E-state index is 13.0. The molecular weight excluding hydrogens is 291 g/mol. The molecule has 3 rings (SSSR count). The Morgan fingerprint density at radius 2 is 2.10 bits per heavy atom. The summed E-state index contributed by atoms with van der Waals surface area (Å²) in [6.45, 7) is 0.725. The van der Waals surface area contributed by atoms with E-state index < -0.39 is 5.82 Å². The van der Waals surface area contributed by atoms with Crippen LogP contribution in [-0.2, 0) is 12.8 Å². The molecule has 0 N–H and O–H groups in total. The fraction of sp³-hybridized carbons (Fsp3) is 0.235. The molecule has 1 heterocycles. The van der Waals surface area contributed by atoms with Gasteiger partial charge >= 0.3 is 0 Å². The zero-order chi connectivity index (χ0) is 14.8. The van der Waals surface area contributed by atoms with Crippen molar-refractivity contribution in [2.45, 2.75) is 19.3 Å². The minimum atomic E-state index is -0.435. The van der Waals surface area contributed by atoms with Crippen LogP contribution in [0.5, 0.6) is 5.75 Å². The van der Waals surface area contributed by atoms with Crippen molar-refractivity contribution < 1.29 is 13.9 Å². The number of Topliss-reactive ketones (excluding diaryl/α,β-unsaturated/α-hetero) is 1. The number of halogens is 2. The monoisotopic (exact) mass is 304 g/mol. The average Bonchev–Trinajstić information content (AvgIpc) is 2.92. The van der Waals surface area contributed by atoms with Gasteiger partial charge in [-0.15, -0.1) is 0 Å². The van der Waals surface area contributed by atoms with E-state index in [9.17, 15) is 9.18 Å². The van der Waals surface area contributed by atoms with Crippen molar-refractivity contribution in [1.82, 2.24) is 0 Å². The van der Waals surface area contributed by atoms with Crippen LogP contribution in [0.2, 0.25) is 5.02 Å². The van der Waals surface area contributed by atoms with Crippen LogP contribution in [0.15, 0.2) is 36.4 Å². The normalized spacial score (nSPS) is 12.9. The number of rotatable bonds is 4. The molecule has 0 aromatic heterocycles. The van der Waals surface area contributed by atoms with Crippen LogP contribution in [0.25, 0.3) is 0 Å². The number of ether oxygens (including phenoxy) is 1. The molecule has 21 heavy (non-hydrogen) atoms. The molecule has 0 radical (unpaired) electrons. The van der Waals surface area contributed by atoms with E-state index in [-0.39, 0.29) is 10.8 Å². The molecule has 0 saturated heterocycles. The van der Waals surface area contributed by atoms with Gasteiger partial charge in [-0.2, -0.15) is 0 Å². The van der Waals surface area contributed by atoms with Gasteiger partial charge in [0.15, 0.2) is 5.78 Å². The summed E-state index contributed by atoms with van der Waals surface area (Å²) < 4.78 is 18.4. The average molecular weight is 305 g/mol.